The molecule has 1 aromatic carbocycles. The SMILES string of the molecule is CC(C)(C)C(=O)N[C@H]1CCS(=O)(=O)c2ccccc21. The van der Waals surface area contributed by atoms with Gasteiger partial charge in [-0.3, -0.25) is 4.79 Å². The Hall–Kier alpha value is -1.36. The van der Waals surface area contributed by atoms with Crippen molar-refractivity contribution >= 4 is 15.7 Å². The number of carbonyl (C=O) groups excluding carboxylic acids is 1. The van der Waals surface area contributed by atoms with Crippen LogP contribution >= 0.6 is 0 Å². The Morgan fingerprint density at radius 3 is 2.53 bits per heavy atom. The van der Waals surface area contributed by atoms with E-state index in [1.165, 1.54) is 0 Å². The van der Waals surface area contributed by atoms with Gasteiger partial charge in [-0.25, -0.2) is 8.42 Å². The van der Waals surface area contributed by atoms with Crippen LogP contribution in [0.3, 0.4) is 0 Å². The van der Waals surface area contributed by atoms with Crippen LogP contribution in [0, 0.1) is 5.41 Å². The highest BCUT2D eigenvalue weighted by molar-refractivity contribution is 7.91. The van der Waals surface area contributed by atoms with Gasteiger partial charge in [0.15, 0.2) is 9.84 Å². The molecule has 1 aliphatic rings. The summed E-state index contributed by atoms with van der Waals surface area (Å²) >= 11 is 0. The van der Waals surface area contributed by atoms with Crippen molar-refractivity contribution in [2.75, 3.05) is 5.75 Å². The highest BCUT2D eigenvalue weighted by Crippen LogP contribution is 2.32. The van der Waals surface area contributed by atoms with Gasteiger partial charge < -0.3 is 5.32 Å². The van der Waals surface area contributed by atoms with Crippen molar-refractivity contribution < 1.29 is 13.2 Å². The molecule has 1 N–H and O–H groups in total. The highest BCUT2D eigenvalue weighted by atomic mass is 32.2. The van der Waals surface area contributed by atoms with Crippen LogP contribution in [0.1, 0.15) is 38.8 Å². The van der Waals surface area contributed by atoms with E-state index >= 15 is 0 Å². The van der Waals surface area contributed by atoms with Gasteiger partial charge in [-0.05, 0) is 18.1 Å². The Morgan fingerprint density at radius 2 is 1.89 bits per heavy atom. The zero-order valence-electron chi connectivity index (χ0n) is 11.4. The third kappa shape index (κ3) is 2.81. The van der Waals surface area contributed by atoms with Crippen molar-refractivity contribution in [2.45, 2.75) is 38.1 Å². The first-order valence-corrected chi connectivity index (χ1v) is 8.00. The minimum atomic E-state index is -3.20. The maximum Gasteiger partial charge on any atom is 0.225 e. The second-order valence-corrected chi connectivity index (χ2v) is 8.00. The zero-order valence-corrected chi connectivity index (χ0v) is 12.3. The predicted molar refractivity (Wildman–Crippen MR) is 73.5 cm³/mol. The van der Waals surface area contributed by atoms with Gasteiger partial charge in [0.25, 0.3) is 0 Å². The Labute approximate surface area is 114 Å². The summed E-state index contributed by atoms with van der Waals surface area (Å²) in [6.07, 6.45) is 0.432. The first-order chi connectivity index (χ1) is 8.72. The molecule has 4 nitrogen and oxygen atoms in total. The van der Waals surface area contributed by atoms with Crippen molar-refractivity contribution in [1.29, 1.82) is 0 Å². The smallest absolute Gasteiger partial charge is 0.225 e. The van der Waals surface area contributed by atoms with E-state index < -0.39 is 15.3 Å². The molecule has 0 radical (unpaired) electrons. The molecule has 1 atom stereocenters. The third-order valence-electron chi connectivity index (χ3n) is 3.29. The number of hydrogen-bond donors (Lipinski definition) is 1. The van der Waals surface area contributed by atoms with Crippen molar-refractivity contribution in [3.63, 3.8) is 0 Å². The van der Waals surface area contributed by atoms with Crippen LogP contribution in [0.2, 0.25) is 0 Å². The van der Waals surface area contributed by atoms with Crippen LogP contribution in [-0.4, -0.2) is 20.1 Å². The molecule has 5 heteroatoms. The second kappa shape index (κ2) is 4.63. The van der Waals surface area contributed by atoms with E-state index in [-0.39, 0.29) is 17.7 Å². The Kier molecular flexibility index (Phi) is 3.43. The van der Waals surface area contributed by atoms with Crippen molar-refractivity contribution in [3.05, 3.63) is 29.8 Å². The van der Waals surface area contributed by atoms with Gasteiger partial charge in [0.2, 0.25) is 5.91 Å². The van der Waals surface area contributed by atoms with Gasteiger partial charge in [0.05, 0.1) is 16.7 Å². The number of amides is 1. The number of carbonyl (C=O) groups is 1. The molecule has 1 aromatic rings. The molecule has 0 bridgehead atoms. The standard InChI is InChI=1S/C14H19NO3S/c1-14(2,3)13(16)15-11-8-9-19(17,18)12-7-5-4-6-10(11)12/h4-7,11H,8-9H2,1-3H3,(H,15,16)/t11-/m0/s1. The number of sulfone groups is 1. The highest BCUT2D eigenvalue weighted by Gasteiger charge is 2.32. The molecule has 0 aliphatic carbocycles. The normalized spacial score (nSPS) is 21.5. The van der Waals surface area contributed by atoms with Gasteiger partial charge in [0.1, 0.15) is 0 Å². The Bertz CT molecular complexity index is 599. The quantitative estimate of drug-likeness (QED) is 0.857. The first kappa shape index (κ1) is 14.1. The topological polar surface area (TPSA) is 63.2 Å². The fraction of sp³-hybridized carbons (Fsp3) is 0.500. The summed E-state index contributed by atoms with van der Waals surface area (Å²) in [6.45, 7) is 5.52. The van der Waals surface area contributed by atoms with Gasteiger partial charge in [-0.1, -0.05) is 39.0 Å². The fourth-order valence-electron chi connectivity index (χ4n) is 2.11. The Balaban J connectivity index is 2.34. The van der Waals surface area contributed by atoms with Gasteiger partial charge >= 0.3 is 0 Å². The minimum absolute atomic E-state index is 0.0633. The first-order valence-electron chi connectivity index (χ1n) is 6.34. The summed E-state index contributed by atoms with van der Waals surface area (Å²) in [5.74, 6) is 0.0191. The van der Waals surface area contributed by atoms with Crippen molar-refractivity contribution in [3.8, 4) is 0 Å². The lowest BCUT2D eigenvalue weighted by molar-refractivity contribution is -0.129. The van der Waals surface area contributed by atoms with Crippen LogP contribution in [0.25, 0.3) is 0 Å². The van der Waals surface area contributed by atoms with E-state index in [9.17, 15) is 13.2 Å². The van der Waals surface area contributed by atoms with Crippen LogP contribution in [-0.2, 0) is 14.6 Å². The summed E-state index contributed by atoms with van der Waals surface area (Å²) in [6, 6.07) is 6.69. The molecule has 1 aliphatic heterocycles. The molecule has 0 unspecified atom stereocenters. The maximum absolute atomic E-state index is 12.0. The minimum Gasteiger partial charge on any atom is -0.349 e. The van der Waals surface area contributed by atoms with Gasteiger partial charge in [-0.2, -0.15) is 0 Å². The fourth-order valence-corrected chi connectivity index (χ4v) is 3.74. The van der Waals surface area contributed by atoms with E-state index in [2.05, 4.69) is 5.32 Å². The molecule has 0 saturated heterocycles. The largest absolute Gasteiger partial charge is 0.349 e. The van der Waals surface area contributed by atoms with E-state index in [4.69, 9.17) is 0 Å². The molecule has 0 spiro atoms. The summed E-state index contributed by atoms with van der Waals surface area (Å²) < 4.78 is 24.0. The second-order valence-electron chi connectivity index (χ2n) is 5.92. The van der Waals surface area contributed by atoms with E-state index in [0.717, 1.165) is 0 Å². The van der Waals surface area contributed by atoms with E-state index in [0.29, 0.717) is 16.9 Å². The number of nitrogens with one attached hydrogen (secondary N) is 1. The molecule has 0 saturated carbocycles. The van der Waals surface area contributed by atoms with Crippen molar-refractivity contribution in [1.82, 2.24) is 5.32 Å². The molecule has 104 valence electrons. The lowest BCUT2D eigenvalue weighted by atomic mass is 9.94. The third-order valence-corrected chi connectivity index (χ3v) is 5.11. The Morgan fingerprint density at radius 1 is 1.26 bits per heavy atom. The monoisotopic (exact) mass is 281 g/mol. The molecule has 0 aromatic heterocycles. The van der Waals surface area contributed by atoms with Crippen LogP contribution in [0.15, 0.2) is 29.2 Å². The summed E-state index contributed by atoms with van der Waals surface area (Å²) in [7, 11) is -3.20. The van der Waals surface area contributed by atoms with Crippen LogP contribution in [0.5, 0.6) is 0 Å². The summed E-state index contributed by atoms with van der Waals surface area (Å²) in [5.41, 5.74) is 0.219. The average Bonchev–Trinajstić information content (AvgIpc) is 2.32. The average molecular weight is 281 g/mol. The maximum atomic E-state index is 12.0. The number of fused-ring (bicyclic) bond motifs is 1. The van der Waals surface area contributed by atoms with E-state index in [1.807, 2.05) is 20.8 Å². The summed E-state index contributed by atoms with van der Waals surface area (Å²) in [5, 5.41) is 2.95. The molecular weight excluding hydrogens is 262 g/mol. The van der Waals surface area contributed by atoms with Gasteiger partial charge in [0, 0.05) is 5.41 Å². The predicted octanol–water partition coefficient (Wildman–Crippen LogP) is 2.07. The number of rotatable bonds is 1. The van der Waals surface area contributed by atoms with Gasteiger partial charge in [-0.15, -0.1) is 0 Å². The molecule has 0 fully saturated rings. The zero-order chi connectivity index (χ0) is 14.3. The lowest BCUT2D eigenvalue weighted by Crippen LogP contribution is -2.39. The van der Waals surface area contributed by atoms with Crippen LogP contribution in [0.4, 0.5) is 0 Å². The number of benzene rings is 1. The summed E-state index contributed by atoms with van der Waals surface area (Å²) in [4.78, 5) is 12.4. The van der Waals surface area contributed by atoms with Crippen LogP contribution < -0.4 is 5.32 Å². The molecule has 19 heavy (non-hydrogen) atoms. The van der Waals surface area contributed by atoms with E-state index in [1.54, 1.807) is 24.3 Å². The molecular formula is C14H19NO3S. The van der Waals surface area contributed by atoms with Crippen molar-refractivity contribution in [2.24, 2.45) is 5.41 Å². The molecule has 1 heterocycles. The number of hydrogen-bond acceptors (Lipinski definition) is 3. The molecule has 1 amide bonds. The lowest BCUT2D eigenvalue weighted by Gasteiger charge is -2.29. The molecule has 2 rings (SSSR count).